The van der Waals surface area contributed by atoms with Crippen LogP contribution in [0.4, 0.5) is 17.5 Å². The first-order valence-electron chi connectivity index (χ1n) is 7.74. The minimum Gasteiger partial charge on any atom is -0.491 e. The molecule has 2 rings (SSSR count). The van der Waals surface area contributed by atoms with Gasteiger partial charge in [0.15, 0.2) is 0 Å². The van der Waals surface area contributed by atoms with E-state index < -0.39 is 0 Å². The Bertz CT molecular complexity index is 579. The van der Waals surface area contributed by atoms with Crippen molar-refractivity contribution in [2.75, 3.05) is 23.3 Å². The van der Waals surface area contributed by atoms with Gasteiger partial charge in [0.25, 0.3) is 0 Å². The highest BCUT2D eigenvalue weighted by atomic mass is 16.5. The van der Waals surface area contributed by atoms with Crippen molar-refractivity contribution in [3.63, 3.8) is 0 Å². The first-order chi connectivity index (χ1) is 10.6. The van der Waals surface area contributed by atoms with Crippen LogP contribution in [-0.2, 0) is 0 Å². The first-order valence-corrected chi connectivity index (χ1v) is 7.74. The van der Waals surface area contributed by atoms with E-state index in [1.165, 1.54) is 0 Å². The molecule has 0 spiro atoms. The second-order valence-electron chi connectivity index (χ2n) is 5.23. The molecule has 22 heavy (non-hydrogen) atoms. The Morgan fingerprint density at radius 3 is 2.36 bits per heavy atom. The van der Waals surface area contributed by atoms with E-state index in [9.17, 15) is 0 Å². The molecule has 0 aliphatic rings. The van der Waals surface area contributed by atoms with E-state index in [4.69, 9.17) is 4.74 Å². The molecule has 0 atom stereocenters. The summed E-state index contributed by atoms with van der Waals surface area (Å²) in [4.78, 5) is 11.0. The summed E-state index contributed by atoms with van der Waals surface area (Å²) in [6, 6.07) is 9.74. The van der Waals surface area contributed by atoms with Crippen LogP contribution in [0.1, 0.15) is 27.7 Å². The summed E-state index contributed by atoms with van der Waals surface area (Å²) in [5, 5.41) is 3.22. The number of rotatable bonds is 7. The van der Waals surface area contributed by atoms with Gasteiger partial charge in [0.2, 0.25) is 5.95 Å². The summed E-state index contributed by atoms with van der Waals surface area (Å²) in [5.41, 5.74) is 0.938. The molecular weight excluding hydrogens is 276 g/mol. The smallest absolute Gasteiger partial charge is 0.229 e. The molecule has 0 fully saturated rings. The van der Waals surface area contributed by atoms with E-state index >= 15 is 0 Å². The van der Waals surface area contributed by atoms with E-state index in [0.29, 0.717) is 5.95 Å². The molecule has 5 nitrogen and oxygen atoms in total. The van der Waals surface area contributed by atoms with Gasteiger partial charge in [0.1, 0.15) is 11.6 Å². The van der Waals surface area contributed by atoms with Gasteiger partial charge < -0.3 is 15.0 Å². The van der Waals surface area contributed by atoms with E-state index in [2.05, 4.69) is 34.0 Å². The van der Waals surface area contributed by atoms with Crippen molar-refractivity contribution in [3.05, 3.63) is 36.5 Å². The Morgan fingerprint density at radius 1 is 1.09 bits per heavy atom. The molecule has 1 aromatic carbocycles. The van der Waals surface area contributed by atoms with Gasteiger partial charge in [0.05, 0.1) is 6.10 Å². The van der Waals surface area contributed by atoms with Gasteiger partial charge in [-0.15, -0.1) is 0 Å². The van der Waals surface area contributed by atoms with Crippen LogP contribution in [0.15, 0.2) is 36.5 Å². The van der Waals surface area contributed by atoms with Gasteiger partial charge in [-0.05, 0) is 58.0 Å². The molecule has 118 valence electrons. The van der Waals surface area contributed by atoms with Gasteiger partial charge >= 0.3 is 0 Å². The molecule has 5 heteroatoms. The zero-order chi connectivity index (χ0) is 15.9. The summed E-state index contributed by atoms with van der Waals surface area (Å²) in [6.45, 7) is 10.1. The van der Waals surface area contributed by atoms with Crippen molar-refractivity contribution in [3.8, 4) is 5.75 Å². The Kier molecular flexibility index (Phi) is 5.58. The van der Waals surface area contributed by atoms with Crippen molar-refractivity contribution in [2.24, 2.45) is 0 Å². The third kappa shape index (κ3) is 4.35. The predicted octanol–water partition coefficient (Wildman–Crippen LogP) is 3.85. The molecule has 1 N–H and O–H groups in total. The maximum Gasteiger partial charge on any atom is 0.229 e. The predicted molar refractivity (Wildman–Crippen MR) is 91.1 cm³/mol. The highest BCUT2D eigenvalue weighted by Gasteiger charge is 2.06. The molecule has 2 aromatic rings. The van der Waals surface area contributed by atoms with Crippen LogP contribution >= 0.6 is 0 Å². The van der Waals surface area contributed by atoms with E-state index in [0.717, 1.165) is 30.3 Å². The molecule has 1 heterocycles. The summed E-state index contributed by atoms with van der Waals surface area (Å²) in [5.74, 6) is 2.39. The topological polar surface area (TPSA) is 50.3 Å². The number of nitrogens with one attached hydrogen (secondary N) is 1. The van der Waals surface area contributed by atoms with Crippen molar-refractivity contribution < 1.29 is 4.74 Å². The first kappa shape index (κ1) is 16.1. The SMILES string of the molecule is CCN(CC)c1ccnc(Nc2ccc(OC(C)C)cc2)n1. The molecule has 0 bridgehead atoms. The van der Waals surface area contributed by atoms with Gasteiger partial charge in [-0.25, -0.2) is 4.98 Å². The lowest BCUT2D eigenvalue weighted by atomic mass is 10.3. The second-order valence-corrected chi connectivity index (χ2v) is 5.23. The number of anilines is 3. The number of hydrogen-bond donors (Lipinski definition) is 1. The van der Waals surface area contributed by atoms with Crippen molar-refractivity contribution in [2.45, 2.75) is 33.8 Å². The van der Waals surface area contributed by atoms with Crippen LogP contribution in [0.2, 0.25) is 0 Å². The number of aromatic nitrogens is 2. The molecule has 0 amide bonds. The molecule has 0 aliphatic carbocycles. The molecule has 0 saturated heterocycles. The molecule has 0 aliphatic heterocycles. The highest BCUT2D eigenvalue weighted by molar-refractivity contribution is 5.56. The minimum absolute atomic E-state index is 0.174. The van der Waals surface area contributed by atoms with Crippen LogP contribution in [0, 0.1) is 0 Å². The maximum atomic E-state index is 5.63. The quantitative estimate of drug-likeness (QED) is 0.841. The largest absolute Gasteiger partial charge is 0.491 e. The zero-order valence-electron chi connectivity index (χ0n) is 13.7. The van der Waals surface area contributed by atoms with Crippen molar-refractivity contribution in [1.29, 1.82) is 0 Å². The second kappa shape index (κ2) is 7.64. The third-order valence-corrected chi connectivity index (χ3v) is 3.21. The molecule has 0 saturated carbocycles. The Hall–Kier alpha value is -2.30. The zero-order valence-corrected chi connectivity index (χ0v) is 13.7. The van der Waals surface area contributed by atoms with Crippen LogP contribution in [0.3, 0.4) is 0 Å². The number of ether oxygens (including phenoxy) is 1. The fourth-order valence-corrected chi connectivity index (χ4v) is 2.15. The summed E-state index contributed by atoms with van der Waals surface area (Å²) in [7, 11) is 0. The average molecular weight is 300 g/mol. The minimum atomic E-state index is 0.174. The summed E-state index contributed by atoms with van der Waals surface area (Å²) >= 11 is 0. The average Bonchev–Trinajstić information content (AvgIpc) is 2.50. The number of nitrogens with zero attached hydrogens (tertiary/aromatic N) is 3. The highest BCUT2D eigenvalue weighted by Crippen LogP contribution is 2.20. The lowest BCUT2D eigenvalue weighted by Crippen LogP contribution is -2.23. The molecule has 1 aromatic heterocycles. The third-order valence-electron chi connectivity index (χ3n) is 3.21. The monoisotopic (exact) mass is 300 g/mol. The number of benzene rings is 1. The molecule has 0 radical (unpaired) electrons. The van der Waals surface area contributed by atoms with Gasteiger partial charge in [-0.2, -0.15) is 4.98 Å². The molecular formula is C17H24N4O. The van der Waals surface area contributed by atoms with E-state index in [1.54, 1.807) is 6.20 Å². The maximum absolute atomic E-state index is 5.63. The Morgan fingerprint density at radius 2 is 1.77 bits per heavy atom. The van der Waals surface area contributed by atoms with Crippen molar-refractivity contribution >= 4 is 17.5 Å². The fourth-order valence-electron chi connectivity index (χ4n) is 2.15. The van der Waals surface area contributed by atoms with Gasteiger partial charge in [-0.3, -0.25) is 0 Å². The Balaban J connectivity index is 2.08. The lowest BCUT2D eigenvalue weighted by Gasteiger charge is -2.19. The normalized spacial score (nSPS) is 10.6. The summed E-state index contributed by atoms with van der Waals surface area (Å²) in [6.07, 6.45) is 1.95. The lowest BCUT2D eigenvalue weighted by molar-refractivity contribution is 0.242. The van der Waals surface area contributed by atoms with Crippen molar-refractivity contribution in [1.82, 2.24) is 9.97 Å². The van der Waals surface area contributed by atoms with E-state index in [1.807, 2.05) is 44.2 Å². The van der Waals surface area contributed by atoms with Crippen LogP contribution in [0.5, 0.6) is 5.75 Å². The molecule has 0 unspecified atom stereocenters. The van der Waals surface area contributed by atoms with Gasteiger partial charge in [0, 0.05) is 25.0 Å². The van der Waals surface area contributed by atoms with E-state index in [-0.39, 0.29) is 6.10 Å². The van der Waals surface area contributed by atoms with Gasteiger partial charge in [-0.1, -0.05) is 0 Å². The Labute approximate surface area is 132 Å². The summed E-state index contributed by atoms with van der Waals surface area (Å²) < 4.78 is 5.63. The fraction of sp³-hybridized carbons (Fsp3) is 0.412. The van der Waals surface area contributed by atoms with Crippen LogP contribution < -0.4 is 15.0 Å². The van der Waals surface area contributed by atoms with Crippen LogP contribution in [-0.4, -0.2) is 29.2 Å². The standard InChI is InChI=1S/C17H24N4O/c1-5-21(6-2)16-11-12-18-17(20-16)19-14-7-9-15(10-8-14)22-13(3)4/h7-13H,5-6H2,1-4H3,(H,18,19,20). The number of hydrogen-bond acceptors (Lipinski definition) is 5. The van der Waals surface area contributed by atoms with Crippen LogP contribution in [0.25, 0.3) is 0 Å².